The fourth-order valence-electron chi connectivity index (χ4n) is 3.06. The maximum absolute atomic E-state index is 12.1. The summed E-state index contributed by atoms with van der Waals surface area (Å²) in [6, 6.07) is 7.45. The Labute approximate surface area is 124 Å². The number of nitrogens with two attached hydrogens (primary N) is 1. The number of ether oxygens (including phenoxy) is 1. The zero-order valence-corrected chi connectivity index (χ0v) is 12.2. The molecule has 4 heteroatoms. The summed E-state index contributed by atoms with van der Waals surface area (Å²) in [6.07, 6.45) is 8.01. The van der Waals surface area contributed by atoms with Crippen LogP contribution >= 0.6 is 0 Å². The maximum Gasteiger partial charge on any atom is 0.323 e. The monoisotopic (exact) mass is 286 g/mol. The first-order valence-corrected chi connectivity index (χ1v) is 7.75. The van der Waals surface area contributed by atoms with Crippen molar-refractivity contribution in [1.29, 1.82) is 0 Å². The highest BCUT2D eigenvalue weighted by atomic mass is 16.5. The molecule has 3 rings (SSSR count). The van der Waals surface area contributed by atoms with Gasteiger partial charge in [0.05, 0.1) is 0 Å². The highest BCUT2D eigenvalue weighted by molar-refractivity contribution is 5.84. The molecule has 1 aliphatic rings. The zero-order valence-electron chi connectivity index (χ0n) is 12.2. The summed E-state index contributed by atoms with van der Waals surface area (Å²) in [4.78, 5) is 15.3. The molecule has 0 radical (unpaired) electrons. The van der Waals surface area contributed by atoms with Crippen molar-refractivity contribution >= 4 is 16.9 Å². The predicted octanol–water partition coefficient (Wildman–Crippen LogP) is 2.91. The van der Waals surface area contributed by atoms with Gasteiger partial charge in [0.15, 0.2) is 0 Å². The number of carbonyl (C=O) groups is 1. The molecule has 21 heavy (non-hydrogen) atoms. The number of esters is 1. The van der Waals surface area contributed by atoms with E-state index in [0.29, 0.717) is 6.42 Å². The minimum Gasteiger partial charge on any atom is -0.461 e. The lowest BCUT2D eigenvalue weighted by atomic mass is 9.97. The molecule has 1 aromatic heterocycles. The lowest BCUT2D eigenvalue weighted by Gasteiger charge is -2.23. The topological polar surface area (TPSA) is 68.1 Å². The molecule has 2 aromatic rings. The van der Waals surface area contributed by atoms with Crippen LogP contribution in [0.5, 0.6) is 0 Å². The van der Waals surface area contributed by atoms with Crippen molar-refractivity contribution in [3.8, 4) is 0 Å². The number of carbonyl (C=O) groups excluding carboxylic acids is 1. The number of hydrogen-bond donors (Lipinski definition) is 2. The van der Waals surface area contributed by atoms with Gasteiger partial charge < -0.3 is 15.5 Å². The SMILES string of the molecule is N[C@H](Cc1c[nH]c2ccccc12)C(=O)OC1CCCCC1. The maximum atomic E-state index is 12.1. The van der Waals surface area contributed by atoms with E-state index in [2.05, 4.69) is 4.98 Å². The third-order valence-corrected chi connectivity index (χ3v) is 4.25. The lowest BCUT2D eigenvalue weighted by molar-refractivity contribution is -0.152. The fraction of sp³-hybridized carbons (Fsp3) is 0.471. The number of fused-ring (bicyclic) bond motifs is 1. The molecule has 0 bridgehead atoms. The van der Waals surface area contributed by atoms with E-state index in [1.165, 1.54) is 6.42 Å². The highest BCUT2D eigenvalue weighted by Gasteiger charge is 2.23. The van der Waals surface area contributed by atoms with Gasteiger partial charge in [-0.3, -0.25) is 4.79 Å². The molecule has 1 aromatic carbocycles. The second kappa shape index (κ2) is 6.31. The molecule has 1 atom stereocenters. The van der Waals surface area contributed by atoms with E-state index in [4.69, 9.17) is 10.5 Å². The summed E-state index contributed by atoms with van der Waals surface area (Å²) in [5.74, 6) is -0.271. The van der Waals surface area contributed by atoms with Crippen molar-refractivity contribution in [1.82, 2.24) is 4.98 Å². The Morgan fingerprint density at radius 2 is 2.05 bits per heavy atom. The van der Waals surface area contributed by atoms with Crippen LogP contribution in [0.25, 0.3) is 10.9 Å². The first kappa shape index (κ1) is 14.1. The number of aromatic amines is 1. The van der Waals surface area contributed by atoms with Crippen LogP contribution in [0.2, 0.25) is 0 Å². The van der Waals surface area contributed by atoms with Crippen LogP contribution in [0.4, 0.5) is 0 Å². The Morgan fingerprint density at radius 3 is 2.86 bits per heavy atom. The van der Waals surface area contributed by atoms with Crippen LogP contribution in [0.1, 0.15) is 37.7 Å². The van der Waals surface area contributed by atoms with Gasteiger partial charge >= 0.3 is 5.97 Å². The van der Waals surface area contributed by atoms with Gasteiger partial charge in [-0.15, -0.1) is 0 Å². The van der Waals surface area contributed by atoms with Crippen molar-refractivity contribution in [2.24, 2.45) is 5.73 Å². The van der Waals surface area contributed by atoms with Gasteiger partial charge in [0.1, 0.15) is 12.1 Å². The molecule has 0 saturated heterocycles. The molecular formula is C17H22N2O2. The summed E-state index contributed by atoms with van der Waals surface area (Å²) < 4.78 is 5.54. The van der Waals surface area contributed by atoms with Gasteiger partial charge in [0.2, 0.25) is 0 Å². The van der Waals surface area contributed by atoms with Crippen LogP contribution < -0.4 is 5.73 Å². The predicted molar refractivity (Wildman–Crippen MR) is 82.9 cm³/mol. The molecule has 4 nitrogen and oxygen atoms in total. The number of nitrogens with one attached hydrogen (secondary N) is 1. The molecule has 1 fully saturated rings. The Balaban J connectivity index is 1.62. The Hall–Kier alpha value is -1.81. The van der Waals surface area contributed by atoms with Crippen LogP contribution in [0.15, 0.2) is 30.5 Å². The number of H-pyrrole nitrogens is 1. The van der Waals surface area contributed by atoms with Gasteiger partial charge in [-0.25, -0.2) is 0 Å². The first-order chi connectivity index (χ1) is 10.2. The van der Waals surface area contributed by atoms with E-state index in [9.17, 15) is 4.79 Å². The molecule has 1 saturated carbocycles. The normalized spacial score (nSPS) is 17.8. The van der Waals surface area contributed by atoms with Gasteiger partial charge in [-0.2, -0.15) is 0 Å². The third-order valence-electron chi connectivity index (χ3n) is 4.25. The fourth-order valence-corrected chi connectivity index (χ4v) is 3.06. The average Bonchev–Trinajstić information content (AvgIpc) is 2.91. The first-order valence-electron chi connectivity index (χ1n) is 7.75. The summed E-state index contributed by atoms with van der Waals surface area (Å²) in [5.41, 5.74) is 8.17. The van der Waals surface area contributed by atoms with Crippen molar-refractivity contribution < 1.29 is 9.53 Å². The molecule has 0 amide bonds. The number of benzene rings is 1. The molecule has 1 aliphatic carbocycles. The van der Waals surface area contributed by atoms with Gasteiger partial charge in [0.25, 0.3) is 0 Å². The minimum absolute atomic E-state index is 0.0697. The van der Waals surface area contributed by atoms with Crippen LogP contribution in [-0.4, -0.2) is 23.1 Å². The summed E-state index contributed by atoms with van der Waals surface area (Å²) in [7, 11) is 0. The quantitative estimate of drug-likeness (QED) is 0.849. The van der Waals surface area contributed by atoms with Crippen molar-refractivity contribution in [3.05, 3.63) is 36.0 Å². The lowest BCUT2D eigenvalue weighted by Crippen LogP contribution is -2.37. The summed E-state index contributed by atoms with van der Waals surface area (Å²) in [6.45, 7) is 0. The number of rotatable bonds is 4. The molecule has 0 unspecified atom stereocenters. The standard InChI is InChI=1S/C17H22N2O2/c18-15(17(20)21-13-6-2-1-3-7-13)10-12-11-19-16-9-5-4-8-14(12)16/h4-5,8-9,11,13,15,19H,1-3,6-7,10,18H2/t15-/m1/s1. The second-order valence-electron chi connectivity index (χ2n) is 5.87. The largest absolute Gasteiger partial charge is 0.461 e. The van der Waals surface area contributed by atoms with Crippen LogP contribution in [-0.2, 0) is 16.0 Å². The van der Waals surface area contributed by atoms with E-state index >= 15 is 0 Å². The molecule has 1 heterocycles. The van der Waals surface area contributed by atoms with E-state index in [1.807, 2.05) is 30.5 Å². The minimum atomic E-state index is -0.592. The van der Waals surface area contributed by atoms with Gasteiger partial charge in [-0.05, 0) is 37.3 Å². The molecule has 0 spiro atoms. The number of hydrogen-bond acceptors (Lipinski definition) is 3. The smallest absolute Gasteiger partial charge is 0.323 e. The van der Waals surface area contributed by atoms with E-state index in [-0.39, 0.29) is 12.1 Å². The second-order valence-corrected chi connectivity index (χ2v) is 5.87. The van der Waals surface area contributed by atoms with Gasteiger partial charge in [-0.1, -0.05) is 24.6 Å². The summed E-state index contributed by atoms with van der Waals surface area (Å²) in [5, 5.41) is 1.12. The van der Waals surface area contributed by atoms with Crippen LogP contribution in [0.3, 0.4) is 0 Å². The Kier molecular flexibility index (Phi) is 4.25. The Morgan fingerprint density at radius 1 is 1.29 bits per heavy atom. The van der Waals surface area contributed by atoms with Crippen molar-refractivity contribution in [2.75, 3.05) is 0 Å². The van der Waals surface area contributed by atoms with E-state index < -0.39 is 6.04 Å². The number of para-hydroxylation sites is 1. The summed E-state index contributed by atoms with van der Waals surface area (Å²) >= 11 is 0. The van der Waals surface area contributed by atoms with Crippen molar-refractivity contribution in [3.63, 3.8) is 0 Å². The highest BCUT2D eigenvalue weighted by Crippen LogP contribution is 2.22. The van der Waals surface area contributed by atoms with Crippen molar-refractivity contribution in [2.45, 2.75) is 50.7 Å². The van der Waals surface area contributed by atoms with Gasteiger partial charge in [0, 0.05) is 23.5 Å². The van der Waals surface area contributed by atoms with Crippen LogP contribution in [0, 0.1) is 0 Å². The molecule has 112 valence electrons. The average molecular weight is 286 g/mol. The third kappa shape index (κ3) is 3.27. The van der Waals surface area contributed by atoms with E-state index in [1.54, 1.807) is 0 Å². The molecule has 0 aliphatic heterocycles. The van der Waals surface area contributed by atoms with E-state index in [0.717, 1.165) is 42.1 Å². The zero-order chi connectivity index (χ0) is 14.7. The Bertz CT molecular complexity index is 614. The molecule has 3 N–H and O–H groups in total. The number of aromatic nitrogens is 1. The molecular weight excluding hydrogens is 264 g/mol.